The Kier molecular flexibility index (Phi) is 4.31. The molecule has 2 rings (SSSR count). The van der Waals surface area contributed by atoms with Crippen molar-refractivity contribution in [1.29, 1.82) is 0 Å². The molecule has 6 nitrogen and oxygen atoms in total. The normalized spacial score (nSPS) is 22.0. The van der Waals surface area contributed by atoms with Crippen molar-refractivity contribution in [3.63, 3.8) is 0 Å². The topological polar surface area (TPSA) is 78.7 Å². The van der Waals surface area contributed by atoms with Crippen molar-refractivity contribution in [2.45, 2.75) is 45.2 Å². The van der Waals surface area contributed by atoms with E-state index in [4.69, 9.17) is 5.73 Å². The van der Waals surface area contributed by atoms with Gasteiger partial charge in [-0.05, 0) is 46.1 Å². The summed E-state index contributed by atoms with van der Waals surface area (Å²) in [5.41, 5.74) is 5.42. The van der Waals surface area contributed by atoms with Crippen LogP contribution < -0.4 is 11.1 Å². The highest BCUT2D eigenvalue weighted by Crippen LogP contribution is 2.49. The molecule has 0 aromatic heterocycles. The van der Waals surface area contributed by atoms with Crippen LogP contribution in [-0.2, 0) is 9.59 Å². The van der Waals surface area contributed by atoms with Gasteiger partial charge in [0.1, 0.15) is 0 Å². The molecular weight excluding hydrogens is 268 g/mol. The number of likely N-dealkylation sites (tertiary alicyclic amines) is 1. The number of nitrogens with zero attached hydrogens (tertiary/aromatic N) is 2. The highest BCUT2D eigenvalue weighted by molar-refractivity contribution is 5.78. The van der Waals surface area contributed by atoms with E-state index in [0.29, 0.717) is 24.5 Å². The van der Waals surface area contributed by atoms with E-state index < -0.39 is 0 Å². The van der Waals surface area contributed by atoms with Gasteiger partial charge in [-0.3, -0.25) is 19.4 Å². The fraction of sp³-hybridized carbons (Fsp3) is 0.867. The van der Waals surface area contributed by atoms with Gasteiger partial charge in [-0.1, -0.05) is 0 Å². The van der Waals surface area contributed by atoms with Crippen molar-refractivity contribution >= 4 is 11.8 Å². The molecule has 1 saturated carbocycles. The second-order valence-electron chi connectivity index (χ2n) is 7.89. The largest absolute Gasteiger partial charge is 0.369 e. The fourth-order valence-corrected chi connectivity index (χ4v) is 3.56. The van der Waals surface area contributed by atoms with Crippen LogP contribution in [0.4, 0.5) is 0 Å². The Bertz CT molecular complexity index is 416. The minimum Gasteiger partial charge on any atom is -0.369 e. The number of carbonyl (C=O) groups is 2. The molecule has 1 saturated heterocycles. The van der Waals surface area contributed by atoms with Crippen LogP contribution in [0.15, 0.2) is 0 Å². The Morgan fingerprint density at radius 3 is 2.38 bits per heavy atom. The second-order valence-corrected chi connectivity index (χ2v) is 7.89. The molecule has 1 aliphatic heterocycles. The van der Waals surface area contributed by atoms with E-state index in [1.807, 2.05) is 32.7 Å². The van der Waals surface area contributed by atoms with Crippen molar-refractivity contribution in [2.75, 3.05) is 33.2 Å². The molecule has 0 aromatic rings. The van der Waals surface area contributed by atoms with Gasteiger partial charge in [-0.2, -0.15) is 0 Å². The van der Waals surface area contributed by atoms with E-state index >= 15 is 0 Å². The third-order valence-corrected chi connectivity index (χ3v) is 4.37. The average molecular weight is 296 g/mol. The summed E-state index contributed by atoms with van der Waals surface area (Å²) in [6.07, 6.45) is 2.21. The summed E-state index contributed by atoms with van der Waals surface area (Å²) in [7, 11) is 1.95. The lowest BCUT2D eigenvalue weighted by Crippen LogP contribution is -2.67. The zero-order valence-corrected chi connectivity index (χ0v) is 13.6. The molecule has 2 aliphatic rings. The molecule has 3 N–H and O–H groups in total. The molecule has 6 heteroatoms. The van der Waals surface area contributed by atoms with Crippen LogP contribution in [0.5, 0.6) is 0 Å². The first kappa shape index (κ1) is 16.2. The number of nitrogens with two attached hydrogens (primary N) is 1. The molecule has 1 spiro atoms. The van der Waals surface area contributed by atoms with Gasteiger partial charge in [0, 0.05) is 24.7 Å². The monoisotopic (exact) mass is 296 g/mol. The van der Waals surface area contributed by atoms with Gasteiger partial charge in [0.2, 0.25) is 11.8 Å². The number of hydrogen-bond acceptors (Lipinski definition) is 4. The van der Waals surface area contributed by atoms with Crippen LogP contribution >= 0.6 is 0 Å². The van der Waals surface area contributed by atoms with Crippen molar-refractivity contribution in [3.8, 4) is 0 Å². The molecule has 21 heavy (non-hydrogen) atoms. The number of hydrogen-bond donors (Lipinski definition) is 2. The lowest BCUT2D eigenvalue weighted by atomic mass is 9.60. The predicted molar refractivity (Wildman–Crippen MR) is 81.6 cm³/mol. The lowest BCUT2D eigenvalue weighted by molar-refractivity contribution is -0.137. The van der Waals surface area contributed by atoms with E-state index in [9.17, 15) is 9.59 Å². The Morgan fingerprint density at radius 1 is 1.33 bits per heavy atom. The van der Waals surface area contributed by atoms with Crippen LogP contribution in [0, 0.1) is 5.41 Å². The maximum Gasteiger partial charge on any atom is 0.234 e. The first-order valence-electron chi connectivity index (χ1n) is 7.61. The van der Waals surface area contributed by atoms with Crippen molar-refractivity contribution in [3.05, 3.63) is 0 Å². The molecule has 2 amide bonds. The van der Waals surface area contributed by atoms with Gasteiger partial charge in [0.05, 0.1) is 13.1 Å². The maximum atomic E-state index is 11.9. The second kappa shape index (κ2) is 5.57. The number of primary amides is 1. The van der Waals surface area contributed by atoms with Gasteiger partial charge >= 0.3 is 0 Å². The summed E-state index contributed by atoms with van der Waals surface area (Å²) in [4.78, 5) is 27.0. The smallest absolute Gasteiger partial charge is 0.234 e. The maximum absolute atomic E-state index is 11.9. The molecule has 0 aromatic carbocycles. The average Bonchev–Trinajstić information content (AvgIpc) is 2.14. The Morgan fingerprint density at radius 2 is 1.90 bits per heavy atom. The van der Waals surface area contributed by atoms with Crippen molar-refractivity contribution < 1.29 is 9.59 Å². The Hall–Kier alpha value is -1.14. The molecule has 120 valence electrons. The van der Waals surface area contributed by atoms with Gasteiger partial charge in [0.25, 0.3) is 0 Å². The van der Waals surface area contributed by atoms with Crippen LogP contribution in [0.25, 0.3) is 0 Å². The summed E-state index contributed by atoms with van der Waals surface area (Å²) < 4.78 is 0. The molecule has 1 aliphatic carbocycles. The quantitative estimate of drug-likeness (QED) is 0.735. The standard InChI is InChI=1S/C15H28N4O2/c1-14(2,3)17-13(21)8-19-9-15(10-19)5-11(6-15)18(4)7-12(16)20/h11H,5-10H2,1-4H3,(H2,16,20)(H,17,21). The summed E-state index contributed by atoms with van der Waals surface area (Å²) in [6, 6.07) is 0.461. The van der Waals surface area contributed by atoms with Crippen molar-refractivity contribution in [2.24, 2.45) is 11.1 Å². The van der Waals surface area contributed by atoms with Crippen molar-refractivity contribution in [1.82, 2.24) is 15.1 Å². The highest BCUT2D eigenvalue weighted by atomic mass is 16.2. The third kappa shape index (κ3) is 4.17. The summed E-state index contributed by atoms with van der Waals surface area (Å²) in [6.45, 7) is 8.78. The van der Waals surface area contributed by atoms with E-state index in [-0.39, 0.29) is 17.4 Å². The number of nitrogens with one attached hydrogen (secondary N) is 1. The van der Waals surface area contributed by atoms with E-state index in [0.717, 1.165) is 25.9 Å². The lowest BCUT2D eigenvalue weighted by Gasteiger charge is -2.60. The van der Waals surface area contributed by atoms with Gasteiger partial charge in [0.15, 0.2) is 0 Å². The fourth-order valence-electron chi connectivity index (χ4n) is 3.56. The number of amides is 2. The van der Waals surface area contributed by atoms with Crippen LogP contribution in [0.2, 0.25) is 0 Å². The highest BCUT2D eigenvalue weighted by Gasteiger charge is 2.53. The molecule has 1 heterocycles. The Balaban J connectivity index is 1.67. The van der Waals surface area contributed by atoms with Crippen LogP contribution in [0.1, 0.15) is 33.6 Å². The third-order valence-electron chi connectivity index (χ3n) is 4.37. The molecule has 0 atom stereocenters. The molecule has 0 unspecified atom stereocenters. The van der Waals surface area contributed by atoms with E-state index in [1.54, 1.807) is 0 Å². The zero-order valence-electron chi connectivity index (χ0n) is 13.6. The van der Waals surface area contributed by atoms with Crippen LogP contribution in [-0.4, -0.2) is 66.4 Å². The summed E-state index contributed by atoms with van der Waals surface area (Å²) >= 11 is 0. The van der Waals surface area contributed by atoms with Gasteiger partial charge in [-0.15, -0.1) is 0 Å². The SMILES string of the molecule is CN(CC(N)=O)C1CC2(C1)CN(CC(=O)NC(C)(C)C)C2. The summed E-state index contributed by atoms with van der Waals surface area (Å²) in [5, 5.41) is 2.99. The molecule has 0 bridgehead atoms. The number of carbonyl (C=O) groups excluding carboxylic acids is 2. The Labute approximate surface area is 127 Å². The van der Waals surface area contributed by atoms with Crippen LogP contribution in [0.3, 0.4) is 0 Å². The minimum atomic E-state index is -0.271. The number of rotatable bonds is 5. The first-order valence-corrected chi connectivity index (χ1v) is 7.61. The zero-order chi connectivity index (χ0) is 15.8. The molecule has 0 radical (unpaired) electrons. The van der Waals surface area contributed by atoms with Gasteiger partial charge < -0.3 is 11.1 Å². The number of likely N-dealkylation sites (N-methyl/N-ethyl adjacent to an activating group) is 1. The first-order chi connectivity index (χ1) is 9.58. The van der Waals surface area contributed by atoms with Gasteiger partial charge in [-0.25, -0.2) is 0 Å². The summed E-state index contributed by atoms with van der Waals surface area (Å²) in [5.74, 6) is -0.174. The minimum absolute atomic E-state index is 0.0964. The predicted octanol–water partition coefficient (Wildman–Crippen LogP) is -0.217. The molecular formula is C15H28N4O2. The van der Waals surface area contributed by atoms with E-state index in [1.165, 1.54) is 0 Å². The molecule has 2 fully saturated rings. The van der Waals surface area contributed by atoms with E-state index in [2.05, 4.69) is 10.2 Å².